The molecule has 3 rings (SSSR count). The minimum Gasteiger partial charge on any atom is -0.381 e. The Bertz CT molecular complexity index is 519. The van der Waals surface area contributed by atoms with Crippen LogP contribution in [0, 0.1) is 0 Å². The van der Waals surface area contributed by atoms with Crippen molar-refractivity contribution in [2.45, 2.75) is 25.3 Å². The third-order valence-electron chi connectivity index (χ3n) is 2.91. The standard InChI is InChI=1S/C11H14N4O2S/c12-4-9-13-8(6-18-9)11-14-10(15-17-11)7-2-1-3-16-5-7/h6-7H,1-5,12H2. The van der Waals surface area contributed by atoms with Crippen LogP contribution in [0.1, 0.15) is 29.6 Å². The van der Waals surface area contributed by atoms with Gasteiger partial charge in [0, 0.05) is 24.4 Å². The summed E-state index contributed by atoms with van der Waals surface area (Å²) in [4.78, 5) is 8.72. The van der Waals surface area contributed by atoms with Gasteiger partial charge in [-0.25, -0.2) is 4.98 Å². The van der Waals surface area contributed by atoms with Gasteiger partial charge in [-0.3, -0.25) is 0 Å². The van der Waals surface area contributed by atoms with Crippen LogP contribution >= 0.6 is 11.3 Å². The van der Waals surface area contributed by atoms with E-state index in [1.54, 1.807) is 0 Å². The van der Waals surface area contributed by atoms with Crippen LogP contribution in [-0.2, 0) is 11.3 Å². The Morgan fingerprint density at radius 2 is 2.39 bits per heavy atom. The second-order valence-electron chi connectivity index (χ2n) is 4.20. The van der Waals surface area contributed by atoms with Gasteiger partial charge in [0.1, 0.15) is 10.7 Å². The summed E-state index contributed by atoms with van der Waals surface area (Å²) in [7, 11) is 0. The SMILES string of the molecule is NCc1nc(-c2nc(C3CCCOC3)no2)cs1. The Morgan fingerprint density at radius 1 is 1.44 bits per heavy atom. The number of rotatable bonds is 3. The minimum absolute atomic E-state index is 0.240. The summed E-state index contributed by atoms with van der Waals surface area (Å²) >= 11 is 1.50. The van der Waals surface area contributed by atoms with Crippen LogP contribution in [0.3, 0.4) is 0 Å². The van der Waals surface area contributed by atoms with Gasteiger partial charge in [-0.15, -0.1) is 11.3 Å². The van der Waals surface area contributed by atoms with Gasteiger partial charge in [-0.1, -0.05) is 5.16 Å². The van der Waals surface area contributed by atoms with Crippen LogP contribution in [0.4, 0.5) is 0 Å². The van der Waals surface area contributed by atoms with E-state index in [1.807, 2.05) is 5.38 Å². The third-order valence-corrected chi connectivity index (χ3v) is 3.78. The molecule has 0 saturated carbocycles. The highest BCUT2D eigenvalue weighted by molar-refractivity contribution is 7.09. The average molecular weight is 266 g/mol. The van der Waals surface area contributed by atoms with E-state index in [0.717, 1.165) is 24.5 Å². The molecule has 0 aliphatic carbocycles. The molecule has 96 valence electrons. The van der Waals surface area contributed by atoms with Crippen LogP contribution in [0.25, 0.3) is 11.6 Å². The first-order valence-corrected chi connectivity index (χ1v) is 6.81. The number of nitrogens with zero attached hydrogens (tertiary/aromatic N) is 3. The van der Waals surface area contributed by atoms with Crippen LogP contribution in [0.2, 0.25) is 0 Å². The van der Waals surface area contributed by atoms with E-state index < -0.39 is 0 Å². The summed E-state index contributed by atoms with van der Waals surface area (Å²) in [5, 5.41) is 6.77. The van der Waals surface area contributed by atoms with Gasteiger partial charge >= 0.3 is 0 Å². The molecule has 1 aliphatic rings. The zero-order valence-electron chi connectivity index (χ0n) is 9.83. The molecule has 2 N–H and O–H groups in total. The Morgan fingerprint density at radius 3 is 3.11 bits per heavy atom. The number of aromatic nitrogens is 3. The molecule has 1 aliphatic heterocycles. The lowest BCUT2D eigenvalue weighted by Crippen LogP contribution is -2.16. The first-order valence-electron chi connectivity index (χ1n) is 5.93. The van der Waals surface area contributed by atoms with E-state index in [-0.39, 0.29) is 5.92 Å². The number of hydrogen-bond donors (Lipinski definition) is 1. The molecule has 0 radical (unpaired) electrons. The van der Waals surface area contributed by atoms with Crippen LogP contribution in [0.5, 0.6) is 0 Å². The fourth-order valence-electron chi connectivity index (χ4n) is 1.95. The molecule has 0 spiro atoms. The van der Waals surface area contributed by atoms with E-state index in [9.17, 15) is 0 Å². The molecule has 0 amide bonds. The molecule has 6 nitrogen and oxygen atoms in total. The van der Waals surface area contributed by atoms with Crippen molar-refractivity contribution in [2.24, 2.45) is 5.73 Å². The van der Waals surface area contributed by atoms with Crippen LogP contribution in [0.15, 0.2) is 9.90 Å². The van der Waals surface area contributed by atoms with E-state index in [2.05, 4.69) is 15.1 Å². The molecular weight excluding hydrogens is 252 g/mol. The highest BCUT2D eigenvalue weighted by Crippen LogP contribution is 2.26. The van der Waals surface area contributed by atoms with Gasteiger partial charge in [-0.05, 0) is 12.8 Å². The maximum absolute atomic E-state index is 5.53. The second kappa shape index (κ2) is 5.13. The summed E-state index contributed by atoms with van der Waals surface area (Å²) in [6.45, 7) is 1.93. The van der Waals surface area contributed by atoms with Crippen molar-refractivity contribution in [2.75, 3.05) is 13.2 Å². The Labute approximate surface area is 108 Å². The first-order chi connectivity index (χ1) is 8.86. The highest BCUT2D eigenvalue weighted by atomic mass is 32.1. The van der Waals surface area contributed by atoms with Crippen molar-refractivity contribution < 1.29 is 9.26 Å². The molecular formula is C11H14N4O2S. The van der Waals surface area contributed by atoms with Crippen molar-refractivity contribution in [3.63, 3.8) is 0 Å². The molecule has 2 aromatic rings. The largest absolute Gasteiger partial charge is 0.381 e. The zero-order valence-corrected chi connectivity index (χ0v) is 10.7. The minimum atomic E-state index is 0.240. The molecule has 2 aromatic heterocycles. The molecule has 1 atom stereocenters. The predicted octanol–water partition coefficient (Wildman–Crippen LogP) is 1.55. The van der Waals surface area contributed by atoms with Crippen molar-refractivity contribution in [1.29, 1.82) is 0 Å². The Kier molecular flexibility index (Phi) is 3.35. The topological polar surface area (TPSA) is 87.1 Å². The van der Waals surface area contributed by atoms with Gasteiger partial charge in [0.15, 0.2) is 5.82 Å². The van der Waals surface area contributed by atoms with E-state index >= 15 is 0 Å². The lowest BCUT2D eigenvalue weighted by Gasteiger charge is -2.18. The molecule has 1 saturated heterocycles. The van der Waals surface area contributed by atoms with Gasteiger partial charge in [0.05, 0.1) is 6.61 Å². The van der Waals surface area contributed by atoms with Crippen molar-refractivity contribution in [1.82, 2.24) is 15.1 Å². The maximum Gasteiger partial charge on any atom is 0.277 e. The number of hydrogen-bond acceptors (Lipinski definition) is 7. The maximum atomic E-state index is 5.53. The summed E-state index contributed by atoms with van der Waals surface area (Å²) in [6, 6.07) is 0. The van der Waals surface area contributed by atoms with Crippen molar-refractivity contribution in [3.05, 3.63) is 16.2 Å². The smallest absolute Gasteiger partial charge is 0.277 e. The zero-order chi connectivity index (χ0) is 12.4. The van der Waals surface area contributed by atoms with Crippen molar-refractivity contribution in [3.8, 4) is 11.6 Å². The lowest BCUT2D eigenvalue weighted by molar-refractivity contribution is 0.0773. The molecule has 18 heavy (non-hydrogen) atoms. The van der Waals surface area contributed by atoms with Gasteiger partial charge in [-0.2, -0.15) is 4.98 Å². The molecule has 3 heterocycles. The third kappa shape index (κ3) is 2.29. The molecule has 7 heteroatoms. The lowest BCUT2D eigenvalue weighted by atomic mass is 10.0. The van der Waals surface area contributed by atoms with E-state index in [0.29, 0.717) is 30.6 Å². The fourth-order valence-corrected chi connectivity index (χ4v) is 2.60. The number of thiazole rings is 1. The summed E-state index contributed by atoms with van der Waals surface area (Å²) < 4.78 is 10.7. The predicted molar refractivity (Wildman–Crippen MR) is 66.1 cm³/mol. The quantitative estimate of drug-likeness (QED) is 0.906. The molecule has 0 bridgehead atoms. The summed E-state index contributed by atoms with van der Waals surface area (Å²) in [5.74, 6) is 1.42. The van der Waals surface area contributed by atoms with Crippen molar-refractivity contribution >= 4 is 11.3 Å². The molecule has 1 unspecified atom stereocenters. The average Bonchev–Trinajstić information content (AvgIpc) is 3.08. The normalized spacial score (nSPS) is 20.2. The van der Waals surface area contributed by atoms with E-state index in [1.165, 1.54) is 11.3 Å². The highest BCUT2D eigenvalue weighted by Gasteiger charge is 2.22. The Balaban J connectivity index is 1.79. The first kappa shape index (κ1) is 11.8. The van der Waals surface area contributed by atoms with Gasteiger partial charge in [0.25, 0.3) is 5.89 Å². The Hall–Kier alpha value is -1.31. The second-order valence-corrected chi connectivity index (χ2v) is 5.15. The van der Waals surface area contributed by atoms with Gasteiger partial charge < -0.3 is 15.0 Å². The monoisotopic (exact) mass is 266 g/mol. The number of nitrogens with two attached hydrogens (primary N) is 1. The van der Waals surface area contributed by atoms with Crippen LogP contribution < -0.4 is 5.73 Å². The summed E-state index contributed by atoms with van der Waals surface area (Å²) in [5.41, 5.74) is 6.23. The fraction of sp³-hybridized carbons (Fsp3) is 0.545. The van der Waals surface area contributed by atoms with Gasteiger partial charge in [0.2, 0.25) is 0 Å². The summed E-state index contributed by atoms with van der Waals surface area (Å²) in [6.07, 6.45) is 2.09. The van der Waals surface area contributed by atoms with Crippen LogP contribution in [-0.4, -0.2) is 28.3 Å². The number of ether oxygens (including phenoxy) is 1. The molecule has 0 aromatic carbocycles. The molecule has 1 fully saturated rings. The van der Waals surface area contributed by atoms with E-state index in [4.69, 9.17) is 15.0 Å².